The summed E-state index contributed by atoms with van der Waals surface area (Å²) in [5.41, 5.74) is 0.101. The summed E-state index contributed by atoms with van der Waals surface area (Å²) in [6, 6.07) is 20.4. The van der Waals surface area contributed by atoms with Crippen LogP contribution < -0.4 is 10.6 Å². The molecule has 1 aliphatic rings. The Morgan fingerprint density at radius 2 is 1.38 bits per heavy atom. The standard InChI is InChI=1S/C21H28NOP/c1-17-15-20(21(2,3)4)22(16-17)24(23,18-11-7-5-8-12-18)19-13-9-6-10-14-19/h5-14,17,20H,15-16H2,1-4H3/t17-,20-/m0/s1. The summed E-state index contributed by atoms with van der Waals surface area (Å²) in [5, 5.41) is 1.89. The molecule has 3 heteroatoms. The highest BCUT2D eigenvalue weighted by Crippen LogP contribution is 2.55. The van der Waals surface area contributed by atoms with E-state index in [0.717, 1.165) is 23.6 Å². The fourth-order valence-corrected chi connectivity index (χ4v) is 7.23. The Hall–Kier alpha value is -1.37. The van der Waals surface area contributed by atoms with Crippen molar-refractivity contribution in [1.82, 2.24) is 4.67 Å². The van der Waals surface area contributed by atoms with Crippen LogP contribution in [0.4, 0.5) is 0 Å². The van der Waals surface area contributed by atoms with Gasteiger partial charge >= 0.3 is 0 Å². The van der Waals surface area contributed by atoms with E-state index in [4.69, 9.17) is 0 Å². The van der Waals surface area contributed by atoms with E-state index in [2.05, 4.69) is 32.4 Å². The predicted molar refractivity (Wildman–Crippen MR) is 103 cm³/mol. The number of hydrogen-bond acceptors (Lipinski definition) is 1. The number of rotatable bonds is 3. The SMILES string of the molecule is C[C@H]1C[C@@H](C(C)(C)C)N(P(=O)(c2ccccc2)c2ccccc2)C1. The zero-order chi connectivity index (χ0) is 17.4. The Labute approximate surface area is 146 Å². The summed E-state index contributed by atoms with van der Waals surface area (Å²) in [5.74, 6) is 0.565. The molecule has 0 bridgehead atoms. The molecule has 0 unspecified atom stereocenters. The van der Waals surface area contributed by atoms with E-state index in [1.807, 2.05) is 60.7 Å². The normalized spacial score (nSPS) is 22.7. The molecule has 0 N–H and O–H groups in total. The van der Waals surface area contributed by atoms with Gasteiger partial charge in [-0.05, 0) is 42.0 Å². The lowest BCUT2D eigenvalue weighted by Gasteiger charge is -2.40. The fourth-order valence-electron chi connectivity index (χ4n) is 3.84. The second-order valence-corrected chi connectivity index (χ2v) is 10.8. The maximum absolute atomic E-state index is 14.5. The third-order valence-corrected chi connectivity index (χ3v) is 8.22. The van der Waals surface area contributed by atoms with Crippen molar-refractivity contribution in [1.29, 1.82) is 0 Å². The second-order valence-electron chi connectivity index (χ2n) is 8.09. The minimum atomic E-state index is -2.83. The molecule has 2 nitrogen and oxygen atoms in total. The van der Waals surface area contributed by atoms with E-state index in [1.54, 1.807) is 0 Å². The second kappa shape index (κ2) is 6.50. The van der Waals surface area contributed by atoms with Gasteiger partial charge in [0.1, 0.15) is 0 Å². The van der Waals surface area contributed by atoms with Gasteiger partial charge in [-0.2, -0.15) is 0 Å². The maximum atomic E-state index is 14.5. The lowest BCUT2D eigenvalue weighted by molar-refractivity contribution is 0.217. The van der Waals surface area contributed by atoms with Crippen LogP contribution in [0.25, 0.3) is 0 Å². The smallest absolute Gasteiger partial charge is 0.207 e. The predicted octanol–water partition coefficient (Wildman–Crippen LogP) is 4.67. The van der Waals surface area contributed by atoms with Crippen LogP contribution in [-0.4, -0.2) is 17.3 Å². The van der Waals surface area contributed by atoms with Crippen molar-refractivity contribution in [3.63, 3.8) is 0 Å². The topological polar surface area (TPSA) is 20.3 Å². The molecule has 0 radical (unpaired) electrons. The van der Waals surface area contributed by atoms with Gasteiger partial charge < -0.3 is 0 Å². The Bertz CT molecular complexity index is 677. The molecule has 0 amide bonds. The molecule has 0 aliphatic carbocycles. The van der Waals surface area contributed by atoms with E-state index in [-0.39, 0.29) is 5.41 Å². The highest BCUT2D eigenvalue weighted by atomic mass is 31.2. The van der Waals surface area contributed by atoms with Crippen LogP contribution in [0.2, 0.25) is 0 Å². The highest BCUT2D eigenvalue weighted by molar-refractivity contribution is 7.76. The first-order chi connectivity index (χ1) is 11.3. The summed E-state index contributed by atoms with van der Waals surface area (Å²) in [6.45, 7) is 9.97. The molecule has 3 rings (SSSR count). The highest BCUT2D eigenvalue weighted by Gasteiger charge is 2.47. The Balaban J connectivity index is 2.17. The van der Waals surface area contributed by atoms with Crippen LogP contribution in [0.1, 0.15) is 34.1 Å². The van der Waals surface area contributed by atoms with Gasteiger partial charge in [0.15, 0.2) is 0 Å². The quantitative estimate of drug-likeness (QED) is 0.756. The van der Waals surface area contributed by atoms with Crippen molar-refractivity contribution < 1.29 is 4.57 Å². The van der Waals surface area contributed by atoms with Gasteiger partial charge in [0, 0.05) is 23.2 Å². The third kappa shape index (κ3) is 3.10. The third-order valence-electron chi connectivity index (χ3n) is 5.06. The molecule has 24 heavy (non-hydrogen) atoms. The first kappa shape index (κ1) is 17.5. The van der Waals surface area contributed by atoms with Crippen molar-refractivity contribution in [3.8, 4) is 0 Å². The number of hydrogen-bond donors (Lipinski definition) is 0. The Morgan fingerprint density at radius 3 is 1.79 bits per heavy atom. The molecule has 2 aromatic rings. The Morgan fingerprint density at radius 1 is 0.917 bits per heavy atom. The van der Waals surface area contributed by atoms with Gasteiger partial charge in [-0.1, -0.05) is 64.1 Å². The molecule has 0 spiro atoms. The largest absolute Gasteiger partial charge is 0.296 e. The fraction of sp³-hybridized carbons (Fsp3) is 0.429. The van der Waals surface area contributed by atoms with Gasteiger partial charge in [-0.25, -0.2) is 4.67 Å². The van der Waals surface area contributed by atoms with Crippen LogP contribution in [0, 0.1) is 11.3 Å². The molecule has 0 saturated carbocycles. The molecule has 2 atom stereocenters. The van der Waals surface area contributed by atoms with E-state index in [9.17, 15) is 4.57 Å². The first-order valence-corrected chi connectivity index (χ1v) is 10.5. The average molecular weight is 341 g/mol. The van der Waals surface area contributed by atoms with Gasteiger partial charge in [0.25, 0.3) is 0 Å². The number of nitrogens with zero attached hydrogens (tertiary/aromatic N) is 1. The van der Waals surface area contributed by atoms with Crippen molar-refractivity contribution >= 4 is 17.9 Å². The van der Waals surface area contributed by atoms with Crippen LogP contribution >= 0.6 is 7.29 Å². The van der Waals surface area contributed by atoms with E-state index >= 15 is 0 Å². The number of benzene rings is 2. The molecule has 1 aliphatic heterocycles. The monoisotopic (exact) mass is 341 g/mol. The van der Waals surface area contributed by atoms with Gasteiger partial charge in [0.2, 0.25) is 7.29 Å². The van der Waals surface area contributed by atoms with E-state index in [1.165, 1.54) is 0 Å². The van der Waals surface area contributed by atoms with Crippen LogP contribution in [0.5, 0.6) is 0 Å². The van der Waals surface area contributed by atoms with Gasteiger partial charge in [-0.3, -0.25) is 4.57 Å². The first-order valence-electron chi connectivity index (χ1n) is 8.82. The molecular formula is C21H28NOP. The molecule has 2 aromatic carbocycles. The van der Waals surface area contributed by atoms with Crippen molar-refractivity contribution in [2.24, 2.45) is 11.3 Å². The van der Waals surface area contributed by atoms with E-state index < -0.39 is 7.29 Å². The summed E-state index contributed by atoms with van der Waals surface area (Å²) in [4.78, 5) is 0. The molecule has 1 fully saturated rings. The molecule has 0 aromatic heterocycles. The lowest BCUT2D eigenvalue weighted by Crippen LogP contribution is -2.42. The van der Waals surface area contributed by atoms with Crippen LogP contribution in [0.3, 0.4) is 0 Å². The lowest BCUT2D eigenvalue weighted by atomic mass is 9.85. The van der Waals surface area contributed by atoms with E-state index in [0.29, 0.717) is 12.0 Å². The molecule has 1 saturated heterocycles. The van der Waals surface area contributed by atoms with Crippen molar-refractivity contribution in [2.45, 2.75) is 40.2 Å². The minimum absolute atomic E-state index is 0.101. The summed E-state index contributed by atoms with van der Waals surface area (Å²) in [7, 11) is -2.83. The zero-order valence-electron chi connectivity index (χ0n) is 15.1. The molecular weight excluding hydrogens is 313 g/mol. The van der Waals surface area contributed by atoms with Crippen molar-refractivity contribution in [2.75, 3.05) is 6.54 Å². The van der Waals surface area contributed by atoms with Gasteiger partial charge in [0.05, 0.1) is 0 Å². The Kier molecular flexibility index (Phi) is 4.73. The van der Waals surface area contributed by atoms with Crippen LogP contribution in [-0.2, 0) is 4.57 Å². The zero-order valence-corrected chi connectivity index (χ0v) is 16.0. The minimum Gasteiger partial charge on any atom is -0.296 e. The average Bonchev–Trinajstić information content (AvgIpc) is 2.98. The van der Waals surface area contributed by atoms with Crippen LogP contribution in [0.15, 0.2) is 60.7 Å². The maximum Gasteiger partial charge on any atom is 0.207 e. The molecule has 128 valence electrons. The molecule has 1 heterocycles. The summed E-state index contributed by atoms with van der Waals surface area (Å²) >= 11 is 0. The van der Waals surface area contributed by atoms with Gasteiger partial charge in [-0.15, -0.1) is 0 Å². The summed E-state index contributed by atoms with van der Waals surface area (Å²) < 4.78 is 16.9. The summed E-state index contributed by atoms with van der Waals surface area (Å²) in [6.07, 6.45) is 1.10. The van der Waals surface area contributed by atoms with Crippen molar-refractivity contribution in [3.05, 3.63) is 60.7 Å².